The zero-order valence-electron chi connectivity index (χ0n) is 21.8. The standard InChI is InChI=1S/C27H32O14/c1-10-20(32)22(34)24(36)26(37-10)41-25-23(35)21(33)18(9-28)40-27(25)38-13-6-14(30)19-15(31)8-16(39-17(19)7-13)11-2-4-12(29)5-3-11/h2-7,10,16,18,20-30,32-36H,8-9H2,1H3/t10-,16+,18-,20+,21+,22+,23+,24+,25-,26+,27-/m1/s1. The quantitative estimate of drug-likeness (QED) is 0.202. The number of aliphatic hydroxyl groups is 6. The molecule has 0 radical (unpaired) electrons. The maximum atomic E-state index is 12.9. The molecule has 0 aliphatic carbocycles. The van der Waals surface area contributed by atoms with Crippen LogP contribution in [0.2, 0.25) is 0 Å². The molecule has 14 heteroatoms. The first-order valence-electron chi connectivity index (χ1n) is 13.0. The summed E-state index contributed by atoms with van der Waals surface area (Å²) in [5.74, 6) is -0.947. The first-order chi connectivity index (χ1) is 19.5. The highest BCUT2D eigenvalue weighted by Gasteiger charge is 2.51. The molecule has 41 heavy (non-hydrogen) atoms. The fraction of sp³-hybridized carbons (Fsp3) is 0.519. The van der Waals surface area contributed by atoms with Crippen LogP contribution < -0.4 is 9.47 Å². The van der Waals surface area contributed by atoms with Crippen molar-refractivity contribution in [1.82, 2.24) is 0 Å². The van der Waals surface area contributed by atoms with Gasteiger partial charge in [0.05, 0.1) is 19.1 Å². The van der Waals surface area contributed by atoms with Gasteiger partial charge in [0.25, 0.3) is 0 Å². The van der Waals surface area contributed by atoms with Crippen molar-refractivity contribution in [3.8, 4) is 23.0 Å². The minimum Gasteiger partial charge on any atom is -0.508 e. The van der Waals surface area contributed by atoms with E-state index in [2.05, 4.69) is 0 Å². The Bertz CT molecular complexity index is 1240. The summed E-state index contributed by atoms with van der Waals surface area (Å²) in [4.78, 5) is 12.9. The lowest BCUT2D eigenvalue weighted by Gasteiger charge is -2.45. The first kappa shape index (κ1) is 29.4. The molecular weight excluding hydrogens is 548 g/mol. The van der Waals surface area contributed by atoms with E-state index in [0.717, 1.165) is 6.07 Å². The molecule has 2 aromatic carbocycles. The molecule has 8 N–H and O–H groups in total. The van der Waals surface area contributed by atoms with Crippen molar-refractivity contribution in [2.75, 3.05) is 6.61 Å². The molecule has 0 amide bonds. The van der Waals surface area contributed by atoms with Crippen LogP contribution in [0, 0.1) is 0 Å². The number of hydrogen-bond donors (Lipinski definition) is 8. The number of phenolic OH excluding ortho intramolecular Hbond substituents is 2. The average molecular weight is 581 g/mol. The highest BCUT2D eigenvalue weighted by molar-refractivity contribution is 6.02. The van der Waals surface area contributed by atoms with Crippen molar-refractivity contribution in [1.29, 1.82) is 0 Å². The Kier molecular flexibility index (Phi) is 8.39. The van der Waals surface area contributed by atoms with Crippen LogP contribution in [-0.2, 0) is 14.2 Å². The van der Waals surface area contributed by atoms with Crippen LogP contribution in [0.5, 0.6) is 23.0 Å². The molecule has 0 aromatic heterocycles. The summed E-state index contributed by atoms with van der Waals surface area (Å²) in [6.07, 6.45) is -16.0. The van der Waals surface area contributed by atoms with Gasteiger partial charge in [0.15, 0.2) is 18.2 Å². The number of benzene rings is 2. The second-order valence-corrected chi connectivity index (χ2v) is 10.2. The number of aliphatic hydroxyl groups excluding tert-OH is 6. The van der Waals surface area contributed by atoms with E-state index in [-0.39, 0.29) is 29.2 Å². The molecule has 0 saturated carbocycles. The summed E-state index contributed by atoms with van der Waals surface area (Å²) in [6.45, 7) is 0.716. The van der Waals surface area contributed by atoms with Crippen molar-refractivity contribution in [2.45, 2.75) is 80.9 Å². The summed E-state index contributed by atoms with van der Waals surface area (Å²) in [6, 6.07) is 8.50. The Morgan fingerprint density at radius 2 is 1.59 bits per heavy atom. The Balaban J connectivity index is 1.41. The second kappa shape index (κ2) is 11.7. The maximum absolute atomic E-state index is 12.9. The lowest BCUT2D eigenvalue weighted by molar-refractivity contribution is -0.354. The third-order valence-corrected chi connectivity index (χ3v) is 7.42. The van der Waals surface area contributed by atoms with Gasteiger partial charge < -0.3 is 64.5 Å². The van der Waals surface area contributed by atoms with Gasteiger partial charge in [0, 0.05) is 12.1 Å². The van der Waals surface area contributed by atoms with E-state index in [1.165, 1.54) is 25.1 Å². The number of carbonyl (C=O) groups excluding carboxylic acids is 1. The van der Waals surface area contributed by atoms with Gasteiger partial charge >= 0.3 is 0 Å². The number of Topliss-reactive ketones (excluding diaryl/α,β-unsaturated/α-hetero) is 1. The number of rotatable bonds is 6. The Hall–Kier alpha value is -3.05. The summed E-state index contributed by atoms with van der Waals surface area (Å²) in [7, 11) is 0. The monoisotopic (exact) mass is 580 g/mol. The van der Waals surface area contributed by atoms with Crippen molar-refractivity contribution in [2.24, 2.45) is 0 Å². The molecule has 5 rings (SSSR count). The van der Waals surface area contributed by atoms with Crippen LogP contribution in [0.3, 0.4) is 0 Å². The van der Waals surface area contributed by atoms with Crippen LogP contribution >= 0.6 is 0 Å². The SMILES string of the molecule is C[C@H]1O[C@@H](O[C@H]2[C@H](Oc3cc(O)c4c(c3)O[C@H](c3ccc(O)cc3)CC4=O)O[C@H](CO)[C@H](O)[C@@H]2O)[C@@H](O)[C@@H](O)[C@H]1O. The topological polar surface area (TPSA) is 225 Å². The van der Waals surface area contributed by atoms with Crippen molar-refractivity contribution in [3.63, 3.8) is 0 Å². The summed E-state index contributed by atoms with van der Waals surface area (Å²) in [5.41, 5.74) is 0.529. The molecule has 0 spiro atoms. The van der Waals surface area contributed by atoms with Crippen LogP contribution in [-0.4, -0.2) is 115 Å². The van der Waals surface area contributed by atoms with Gasteiger partial charge in [-0.05, 0) is 24.6 Å². The highest BCUT2D eigenvalue weighted by Crippen LogP contribution is 2.43. The Morgan fingerprint density at radius 3 is 2.27 bits per heavy atom. The number of ether oxygens (including phenoxy) is 5. The molecule has 2 saturated heterocycles. The fourth-order valence-corrected chi connectivity index (χ4v) is 5.07. The third-order valence-electron chi connectivity index (χ3n) is 7.42. The van der Waals surface area contributed by atoms with E-state index >= 15 is 0 Å². The molecule has 2 fully saturated rings. The number of phenols is 2. The van der Waals surface area contributed by atoms with Gasteiger partial charge in [-0.2, -0.15) is 0 Å². The van der Waals surface area contributed by atoms with Gasteiger partial charge in [-0.25, -0.2) is 0 Å². The van der Waals surface area contributed by atoms with Crippen molar-refractivity contribution in [3.05, 3.63) is 47.5 Å². The summed E-state index contributed by atoms with van der Waals surface area (Å²) < 4.78 is 28.6. The van der Waals surface area contributed by atoms with E-state index in [9.17, 15) is 45.6 Å². The number of hydrogen-bond acceptors (Lipinski definition) is 14. The highest BCUT2D eigenvalue weighted by atomic mass is 16.8. The molecule has 11 atom stereocenters. The van der Waals surface area contributed by atoms with E-state index in [1.807, 2.05) is 0 Å². The predicted molar refractivity (Wildman–Crippen MR) is 134 cm³/mol. The molecule has 224 valence electrons. The van der Waals surface area contributed by atoms with Crippen molar-refractivity contribution < 1.29 is 69.3 Å². The van der Waals surface area contributed by atoms with Gasteiger partial charge in [-0.3, -0.25) is 4.79 Å². The van der Waals surface area contributed by atoms with Gasteiger partial charge in [-0.15, -0.1) is 0 Å². The summed E-state index contributed by atoms with van der Waals surface area (Å²) in [5, 5.41) is 81.6. The van der Waals surface area contributed by atoms with Gasteiger partial charge in [0.2, 0.25) is 6.29 Å². The first-order valence-corrected chi connectivity index (χ1v) is 13.0. The van der Waals surface area contributed by atoms with Crippen molar-refractivity contribution >= 4 is 5.78 Å². The van der Waals surface area contributed by atoms with Crippen LogP contribution in [0.25, 0.3) is 0 Å². The van der Waals surface area contributed by atoms with Crippen LogP contribution in [0.15, 0.2) is 36.4 Å². The zero-order chi connectivity index (χ0) is 29.6. The van der Waals surface area contributed by atoms with Crippen LogP contribution in [0.4, 0.5) is 0 Å². The van der Waals surface area contributed by atoms with Gasteiger partial charge in [-0.1, -0.05) is 12.1 Å². The van der Waals surface area contributed by atoms with E-state index in [4.69, 9.17) is 23.7 Å². The molecule has 0 bridgehead atoms. The largest absolute Gasteiger partial charge is 0.508 e. The molecule has 3 aliphatic heterocycles. The summed E-state index contributed by atoms with van der Waals surface area (Å²) >= 11 is 0. The fourth-order valence-electron chi connectivity index (χ4n) is 5.07. The van der Waals surface area contributed by atoms with Crippen LogP contribution in [0.1, 0.15) is 35.4 Å². The Labute approximate surface area is 233 Å². The maximum Gasteiger partial charge on any atom is 0.229 e. The molecule has 3 heterocycles. The smallest absolute Gasteiger partial charge is 0.229 e. The second-order valence-electron chi connectivity index (χ2n) is 10.2. The third kappa shape index (κ3) is 5.70. The predicted octanol–water partition coefficient (Wildman–Crippen LogP) is -1.17. The normalized spacial score (nSPS) is 37.2. The number of ketones is 1. The molecule has 2 aromatic rings. The number of aromatic hydroxyl groups is 2. The number of fused-ring (bicyclic) bond motifs is 1. The lowest BCUT2D eigenvalue weighted by Crippen LogP contribution is -2.64. The van der Waals surface area contributed by atoms with Gasteiger partial charge in [0.1, 0.15) is 71.3 Å². The van der Waals surface area contributed by atoms with E-state index in [1.54, 1.807) is 12.1 Å². The molecule has 3 aliphatic rings. The molecule has 14 nitrogen and oxygen atoms in total. The average Bonchev–Trinajstić information content (AvgIpc) is 2.94. The number of carbonyl (C=O) groups is 1. The van der Waals surface area contributed by atoms with E-state index < -0.39 is 85.7 Å². The van der Waals surface area contributed by atoms with E-state index in [0.29, 0.717) is 5.56 Å². The molecular formula is C27H32O14. The minimum absolute atomic E-state index is 0.0149. The minimum atomic E-state index is -1.75. The zero-order valence-corrected chi connectivity index (χ0v) is 21.8. The Morgan fingerprint density at radius 1 is 0.878 bits per heavy atom. The molecule has 0 unspecified atom stereocenters. The lowest BCUT2D eigenvalue weighted by atomic mass is 9.95.